The number of para-hydroxylation sites is 1. The normalized spacial score (nSPS) is 20.0. The number of rotatable bonds is 5. The van der Waals surface area contributed by atoms with Crippen molar-refractivity contribution < 1.29 is 9.21 Å². The van der Waals surface area contributed by atoms with E-state index in [4.69, 9.17) is 4.42 Å². The van der Waals surface area contributed by atoms with Crippen LogP contribution in [0.25, 0.3) is 11.0 Å². The number of amides is 1. The van der Waals surface area contributed by atoms with E-state index >= 15 is 0 Å². The highest BCUT2D eigenvalue weighted by Gasteiger charge is 2.29. The van der Waals surface area contributed by atoms with E-state index in [0.29, 0.717) is 5.76 Å². The van der Waals surface area contributed by atoms with Crippen molar-refractivity contribution in [3.63, 3.8) is 0 Å². The first-order valence-electron chi connectivity index (χ1n) is 9.33. The fourth-order valence-electron chi connectivity index (χ4n) is 3.67. The predicted molar refractivity (Wildman–Crippen MR) is 106 cm³/mol. The molecule has 5 heteroatoms. The van der Waals surface area contributed by atoms with Crippen molar-refractivity contribution in [3.8, 4) is 0 Å². The lowest BCUT2D eigenvalue weighted by Gasteiger charge is -2.38. The van der Waals surface area contributed by atoms with Crippen LogP contribution in [0.5, 0.6) is 0 Å². The number of carbonyl (C=O) groups is 1. The van der Waals surface area contributed by atoms with Crippen LogP contribution >= 0.6 is 0 Å². The quantitative estimate of drug-likeness (QED) is 0.708. The Morgan fingerprint density at radius 3 is 2.96 bits per heavy atom. The second-order valence-corrected chi connectivity index (χ2v) is 6.80. The van der Waals surface area contributed by atoms with Crippen LogP contribution in [-0.2, 0) is 6.42 Å². The van der Waals surface area contributed by atoms with Gasteiger partial charge in [0, 0.05) is 30.4 Å². The fourth-order valence-corrected chi connectivity index (χ4v) is 3.67. The van der Waals surface area contributed by atoms with Gasteiger partial charge in [0.1, 0.15) is 5.58 Å². The van der Waals surface area contributed by atoms with E-state index in [1.807, 2.05) is 36.5 Å². The largest absolute Gasteiger partial charge is 0.451 e. The zero-order chi connectivity index (χ0) is 18.6. The van der Waals surface area contributed by atoms with E-state index in [2.05, 4.69) is 40.3 Å². The van der Waals surface area contributed by atoms with Crippen molar-refractivity contribution >= 4 is 16.9 Å². The summed E-state index contributed by atoms with van der Waals surface area (Å²) in [7, 11) is 0. The van der Waals surface area contributed by atoms with Crippen molar-refractivity contribution in [1.82, 2.24) is 15.2 Å². The molecule has 0 aliphatic carbocycles. The van der Waals surface area contributed by atoms with Gasteiger partial charge in [0.15, 0.2) is 5.76 Å². The van der Waals surface area contributed by atoms with Crippen molar-refractivity contribution in [2.45, 2.75) is 25.4 Å². The van der Waals surface area contributed by atoms with E-state index in [0.717, 1.165) is 30.5 Å². The first-order chi connectivity index (χ1) is 13.2. The summed E-state index contributed by atoms with van der Waals surface area (Å²) in [6, 6.07) is 13.6. The van der Waals surface area contributed by atoms with Crippen LogP contribution in [0, 0.1) is 0 Å². The Morgan fingerprint density at radius 2 is 2.19 bits per heavy atom. The highest BCUT2D eigenvalue weighted by Crippen LogP contribution is 2.21. The molecule has 1 aromatic carbocycles. The molecule has 1 amide bonds. The zero-order valence-corrected chi connectivity index (χ0v) is 15.3. The van der Waals surface area contributed by atoms with Crippen LogP contribution in [0.1, 0.15) is 23.0 Å². The molecule has 0 spiro atoms. The van der Waals surface area contributed by atoms with E-state index < -0.39 is 0 Å². The molecule has 0 radical (unpaired) electrons. The summed E-state index contributed by atoms with van der Waals surface area (Å²) in [5, 5.41) is 4.08. The molecule has 2 aromatic heterocycles. The van der Waals surface area contributed by atoms with E-state index in [9.17, 15) is 4.79 Å². The van der Waals surface area contributed by atoms with Gasteiger partial charge in [-0.2, -0.15) is 0 Å². The Balaban J connectivity index is 1.54. The summed E-state index contributed by atoms with van der Waals surface area (Å²) in [5.41, 5.74) is 1.89. The number of nitrogens with one attached hydrogen (secondary N) is 1. The third-order valence-electron chi connectivity index (χ3n) is 5.09. The SMILES string of the molecule is CCN1CC=C[C@@H](NC(=O)c2cc3ccccc3o2)[C@@H]1Cc1cccnc1. The highest BCUT2D eigenvalue weighted by atomic mass is 16.3. The maximum atomic E-state index is 12.8. The number of benzene rings is 1. The van der Waals surface area contributed by atoms with E-state index in [-0.39, 0.29) is 18.0 Å². The van der Waals surface area contributed by atoms with Gasteiger partial charge in [-0.3, -0.25) is 14.7 Å². The van der Waals surface area contributed by atoms with Crippen LogP contribution < -0.4 is 5.32 Å². The Bertz CT molecular complexity index is 915. The van der Waals surface area contributed by atoms with Gasteiger partial charge in [-0.15, -0.1) is 0 Å². The number of carbonyl (C=O) groups excluding carboxylic acids is 1. The van der Waals surface area contributed by atoms with E-state index in [1.54, 1.807) is 12.3 Å². The number of likely N-dealkylation sites (N-methyl/N-ethyl adjacent to an activating group) is 1. The molecule has 0 unspecified atom stereocenters. The second kappa shape index (κ2) is 7.76. The van der Waals surface area contributed by atoms with Gasteiger partial charge in [0.05, 0.1) is 6.04 Å². The molecule has 2 atom stereocenters. The monoisotopic (exact) mass is 361 g/mol. The average Bonchev–Trinajstić information content (AvgIpc) is 3.14. The zero-order valence-electron chi connectivity index (χ0n) is 15.3. The summed E-state index contributed by atoms with van der Waals surface area (Å²) < 4.78 is 5.72. The third-order valence-corrected chi connectivity index (χ3v) is 5.09. The summed E-state index contributed by atoms with van der Waals surface area (Å²) in [6.07, 6.45) is 8.71. The number of nitrogens with zero attached hydrogens (tertiary/aromatic N) is 2. The van der Waals surface area contributed by atoms with Crippen LogP contribution in [-0.4, -0.2) is 41.0 Å². The highest BCUT2D eigenvalue weighted by molar-refractivity contribution is 5.96. The number of pyridine rings is 1. The van der Waals surface area contributed by atoms with Gasteiger partial charge < -0.3 is 9.73 Å². The minimum Gasteiger partial charge on any atom is -0.451 e. The molecule has 1 aliphatic heterocycles. The Kier molecular flexibility index (Phi) is 5.03. The number of hydrogen-bond donors (Lipinski definition) is 1. The average molecular weight is 361 g/mol. The molecule has 0 saturated heterocycles. The molecule has 138 valence electrons. The molecule has 5 nitrogen and oxygen atoms in total. The van der Waals surface area contributed by atoms with Gasteiger partial charge in [0.25, 0.3) is 5.91 Å². The van der Waals surface area contributed by atoms with Crippen LogP contribution in [0.2, 0.25) is 0 Å². The van der Waals surface area contributed by atoms with Crippen LogP contribution in [0.3, 0.4) is 0 Å². The summed E-state index contributed by atoms with van der Waals surface area (Å²) in [4.78, 5) is 19.4. The lowest BCUT2D eigenvalue weighted by atomic mass is 9.95. The minimum atomic E-state index is -0.185. The molecule has 4 rings (SSSR count). The van der Waals surface area contributed by atoms with Crippen molar-refractivity contribution in [2.75, 3.05) is 13.1 Å². The number of aromatic nitrogens is 1. The molecule has 1 N–H and O–H groups in total. The molecular weight excluding hydrogens is 338 g/mol. The lowest BCUT2D eigenvalue weighted by molar-refractivity contribution is 0.0882. The molecular formula is C22H23N3O2. The maximum absolute atomic E-state index is 12.8. The number of fused-ring (bicyclic) bond motifs is 1. The predicted octanol–water partition coefficient (Wildman–Crippen LogP) is 3.43. The van der Waals surface area contributed by atoms with Crippen LogP contribution in [0.4, 0.5) is 0 Å². The Hall–Kier alpha value is -2.92. The van der Waals surface area contributed by atoms with Gasteiger partial charge in [-0.05, 0) is 36.7 Å². The Labute approximate surface area is 158 Å². The molecule has 3 heterocycles. The minimum absolute atomic E-state index is 0.0837. The Morgan fingerprint density at radius 1 is 1.30 bits per heavy atom. The van der Waals surface area contributed by atoms with Crippen molar-refractivity contribution in [2.24, 2.45) is 0 Å². The van der Waals surface area contributed by atoms with Gasteiger partial charge in [-0.1, -0.05) is 43.3 Å². The maximum Gasteiger partial charge on any atom is 0.287 e. The lowest BCUT2D eigenvalue weighted by Crippen LogP contribution is -2.54. The van der Waals surface area contributed by atoms with Crippen LogP contribution in [0.15, 0.2) is 71.4 Å². The number of hydrogen-bond acceptors (Lipinski definition) is 4. The molecule has 0 fully saturated rings. The molecule has 0 saturated carbocycles. The molecule has 27 heavy (non-hydrogen) atoms. The van der Waals surface area contributed by atoms with Crippen molar-refractivity contribution in [3.05, 3.63) is 78.3 Å². The third kappa shape index (κ3) is 3.78. The molecule has 3 aromatic rings. The summed E-state index contributed by atoms with van der Waals surface area (Å²) in [6.45, 7) is 3.96. The molecule has 1 aliphatic rings. The summed E-state index contributed by atoms with van der Waals surface area (Å²) >= 11 is 0. The fraction of sp³-hybridized carbons (Fsp3) is 0.273. The van der Waals surface area contributed by atoms with Gasteiger partial charge in [-0.25, -0.2) is 0 Å². The smallest absolute Gasteiger partial charge is 0.287 e. The van der Waals surface area contributed by atoms with Crippen molar-refractivity contribution in [1.29, 1.82) is 0 Å². The summed E-state index contributed by atoms with van der Waals surface area (Å²) in [5.74, 6) is 0.160. The molecule has 0 bridgehead atoms. The second-order valence-electron chi connectivity index (χ2n) is 6.80. The van der Waals surface area contributed by atoms with Gasteiger partial charge in [0.2, 0.25) is 0 Å². The standard InChI is InChI=1S/C22H23N3O2/c1-2-25-12-6-9-18(19(25)13-16-7-5-11-23-15-16)24-22(26)21-14-17-8-3-4-10-20(17)27-21/h3-11,14-15,18-19H,2,12-13H2,1H3,(H,24,26)/t18-,19+/m1/s1. The topological polar surface area (TPSA) is 58.4 Å². The first kappa shape index (κ1) is 17.5. The first-order valence-corrected chi connectivity index (χ1v) is 9.33. The van der Waals surface area contributed by atoms with Gasteiger partial charge >= 0.3 is 0 Å². The van der Waals surface area contributed by atoms with E-state index in [1.165, 1.54) is 5.56 Å². The number of furan rings is 1.